The lowest BCUT2D eigenvalue weighted by molar-refractivity contribution is -0.156. The molecule has 0 fully saturated rings. The summed E-state index contributed by atoms with van der Waals surface area (Å²) in [5, 5.41) is 23.1. The zero-order chi connectivity index (χ0) is 14.0. The van der Waals surface area contributed by atoms with Crippen molar-refractivity contribution in [3.63, 3.8) is 0 Å². The van der Waals surface area contributed by atoms with Crippen LogP contribution < -0.4 is 0 Å². The Hall–Kier alpha value is -2.14. The zero-order valence-electron chi connectivity index (χ0n) is 10.9. The quantitative estimate of drug-likeness (QED) is 0.872. The number of aryl methyl sites for hydroxylation is 1. The van der Waals surface area contributed by atoms with E-state index in [1.54, 1.807) is 17.8 Å². The van der Waals surface area contributed by atoms with Gasteiger partial charge in [0.2, 0.25) is 0 Å². The number of hydrogen-bond donors (Lipinski definition) is 2. The molecule has 0 saturated heterocycles. The van der Waals surface area contributed by atoms with Gasteiger partial charge in [-0.15, -0.1) is 0 Å². The van der Waals surface area contributed by atoms with Crippen LogP contribution in [0.15, 0.2) is 36.4 Å². The fourth-order valence-corrected chi connectivity index (χ4v) is 1.85. The molecule has 19 heavy (non-hydrogen) atoms. The molecule has 0 radical (unpaired) electrons. The van der Waals surface area contributed by atoms with Crippen molar-refractivity contribution in [1.82, 2.24) is 9.78 Å². The van der Waals surface area contributed by atoms with Gasteiger partial charge >= 0.3 is 5.97 Å². The molecule has 1 aromatic heterocycles. The fraction of sp³-hybridized carbons (Fsp3) is 0.286. The average Bonchev–Trinajstić information content (AvgIpc) is 2.71. The number of nitrogens with zero attached hydrogens (tertiary/aromatic N) is 2. The highest BCUT2D eigenvalue weighted by molar-refractivity contribution is 5.77. The van der Waals surface area contributed by atoms with Crippen molar-refractivity contribution in [2.75, 3.05) is 0 Å². The minimum Gasteiger partial charge on any atom is -0.479 e. The van der Waals surface area contributed by atoms with E-state index in [1.165, 1.54) is 6.92 Å². The van der Waals surface area contributed by atoms with Gasteiger partial charge in [-0.3, -0.25) is 4.68 Å². The van der Waals surface area contributed by atoms with Gasteiger partial charge in [-0.2, -0.15) is 5.10 Å². The van der Waals surface area contributed by atoms with Crippen molar-refractivity contribution in [3.8, 4) is 11.3 Å². The van der Waals surface area contributed by atoms with Gasteiger partial charge in [0.05, 0.1) is 5.69 Å². The summed E-state index contributed by atoms with van der Waals surface area (Å²) >= 11 is 0. The molecule has 0 aliphatic carbocycles. The van der Waals surface area contributed by atoms with Gasteiger partial charge in [0.15, 0.2) is 5.60 Å². The number of benzene rings is 1. The van der Waals surface area contributed by atoms with Gasteiger partial charge in [-0.1, -0.05) is 30.3 Å². The SMILES string of the molecule is Cn1nc(-c2ccccc2)cc1CC(C)(O)C(=O)O. The van der Waals surface area contributed by atoms with Gasteiger partial charge in [0.1, 0.15) is 0 Å². The van der Waals surface area contributed by atoms with Crippen LogP contribution in [0.1, 0.15) is 12.6 Å². The second-order valence-electron chi connectivity index (χ2n) is 4.77. The van der Waals surface area contributed by atoms with Crippen molar-refractivity contribution in [2.45, 2.75) is 18.9 Å². The van der Waals surface area contributed by atoms with E-state index in [0.717, 1.165) is 11.3 Å². The smallest absolute Gasteiger partial charge is 0.335 e. The predicted octanol–water partition coefficient (Wildman–Crippen LogP) is 1.47. The molecular formula is C14H16N2O3. The summed E-state index contributed by atoms with van der Waals surface area (Å²) in [5.41, 5.74) is 0.603. The Bertz CT molecular complexity index is 588. The molecule has 0 spiro atoms. The fourth-order valence-electron chi connectivity index (χ4n) is 1.85. The molecule has 0 saturated carbocycles. The summed E-state index contributed by atoms with van der Waals surface area (Å²) in [4.78, 5) is 10.9. The molecule has 100 valence electrons. The van der Waals surface area contributed by atoms with Crippen LogP contribution in [0.5, 0.6) is 0 Å². The third-order valence-corrected chi connectivity index (χ3v) is 3.03. The molecular weight excluding hydrogens is 244 g/mol. The van der Waals surface area contributed by atoms with Gasteiger partial charge in [0, 0.05) is 24.7 Å². The summed E-state index contributed by atoms with van der Waals surface area (Å²) in [6.45, 7) is 1.28. The van der Waals surface area contributed by atoms with Crippen LogP contribution in [-0.2, 0) is 18.3 Å². The lowest BCUT2D eigenvalue weighted by atomic mass is 10.00. The third-order valence-electron chi connectivity index (χ3n) is 3.03. The van der Waals surface area contributed by atoms with Crippen LogP contribution in [0.3, 0.4) is 0 Å². The van der Waals surface area contributed by atoms with E-state index in [0.29, 0.717) is 5.69 Å². The van der Waals surface area contributed by atoms with E-state index in [9.17, 15) is 9.90 Å². The van der Waals surface area contributed by atoms with E-state index in [2.05, 4.69) is 5.10 Å². The maximum Gasteiger partial charge on any atom is 0.335 e. The summed E-state index contributed by atoms with van der Waals surface area (Å²) < 4.78 is 1.60. The highest BCUT2D eigenvalue weighted by Crippen LogP contribution is 2.21. The number of carboxylic acid groups (broad SMARTS) is 1. The maximum atomic E-state index is 10.9. The number of rotatable bonds is 4. The maximum absolute atomic E-state index is 10.9. The van der Waals surface area contributed by atoms with Crippen molar-refractivity contribution in [2.24, 2.45) is 7.05 Å². The Morgan fingerprint density at radius 3 is 2.58 bits per heavy atom. The highest BCUT2D eigenvalue weighted by Gasteiger charge is 2.31. The number of carbonyl (C=O) groups is 1. The Kier molecular flexibility index (Phi) is 3.40. The number of hydrogen-bond acceptors (Lipinski definition) is 3. The standard InChI is InChI=1S/C14H16N2O3/c1-14(19,13(17)18)9-11-8-12(15-16(11)2)10-6-4-3-5-7-10/h3-8,19H,9H2,1-2H3,(H,17,18). The van der Waals surface area contributed by atoms with Crippen LogP contribution in [-0.4, -0.2) is 31.6 Å². The van der Waals surface area contributed by atoms with Crippen LogP contribution in [0, 0.1) is 0 Å². The molecule has 1 atom stereocenters. The van der Waals surface area contributed by atoms with Crippen molar-refractivity contribution >= 4 is 5.97 Å². The molecule has 2 N–H and O–H groups in total. The van der Waals surface area contributed by atoms with Crippen molar-refractivity contribution in [1.29, 1.82) is 0 Å². The second kappa shape index (κ2) is 4.85. The second-order valence-corrected chi connectivity index (χ2v) is 4.77. The first-order valence-corrected chi connectivity index (χ1v) is 5.94. The number of carboxylic acids is 1. The number of aliphatic hydroxyl groups is 1. The number of aliphatic carboxylic acids is 1. The lowest BCUT2D eigenvalue weighted by Gasteiger charge is -2.17. The lowest BCUT2D eigenvalue weighted by Crippen LogP contribution is -2.37. The molecule has 1 heterocycles. The third kappa shape index (κ3) is 2.82. The van der Waals surface area contributed by atoms with Gasteiger partial charge in [0.25, 0.3) is 0 Å². The van der Waals surface area contributed by atoms with Crippen LogP contribution >= 0.6 is 0 Å². The molecule has 2 aromatic rings. The molecule has 2 rings (SSSR count). The summed E-state index contributed by atoms with van der Waals surface area (Å²) in [7, 11) is 1.74. The Labute approximate surface area is 111 Å². The first kappa shape index (κ1) is 13.3. The molecule has 1 unspecified atom stereocenters. The van der Waals surface area contributed by atoms with E-state index >= 15 is 0 Å². The largest absolute Gasteiger partial charge is 0.479 e. The molecule has 5 nitrogen and oxygen atoms in total. The Morgan fingerprint density at radius 2 is 2.00 bits per heavy atom. The molecule has 0 bridgehead atoms. The average molecular weight is 260 g/mol. The van der Waals surface area contributed by atoms with Gasteiger partial charge in [-0.25, -0.2) is 4.79 Å². The topological polar surface area (TPSA) is 75.3 Å². The van der Waals surface area contributed by atoms with E-state index in [4.69, 9.17) is 5.11 Å². The summed E-state index contributed by atoms with van der Waals surface area (Å²) in [5.74, 6) is -1.24. The van der Waals surface area contributed by atoms with Gasteiger partial charge in [-0.05, 0) is 13.0 Å². The van der Waals surface area contributed by atoms with Crippen LogP contribution in [0.4, 0.5) is 0 Å². The van der Waals surface area contributed by atoms with Crippen molar-refractivity contribution < 1.29 is 15.0 Å². The van der Waals surface area contributed by atoms with Gasteiger partial charge < -0.3 is 10.2 Å². The molecule has 0 aliphatic heterocycles. The molecule has 0 amide bonds. The number of aromatic nitrogens is 2. The van der Waals surface area contributed by atoms with E-state index < -0.39 is 11.6 Å². The predicted molar refractivity (Wildman–Crippen MR) is 70.6 cm³/mol. The normalized spacial score (nSPS) is 14.1. The first-order chi connectivity index (χ1) is 8.90. The molecule has 1 aromatic carbocycles. The monoisotopic (exact) mass is 260 g/mol. The van der Waals surface area contributed by atoms with Crippen molar-refractivity contribution in [3.05, 3.63) is 42.1 Å². The Balaban J connectivity index is 2.30. The summed E-state index contributed by atoms with van der Waals surface area (Å²) in [6, 6.07) is 11.4. The highest BCUT2D eigenvalue weighted by atomic mass is 16.4. The molecule has 5 heteroatoms. The zero-order valence-corrected chi connectivity index (χ0v) is 10.9. The van der Waals surface area contributed by atoms with E-state index in [-0.39, 0.29) is 6.42 Å². The van der Waals surface area contributed by atoms with Crippen LogP contribution in [0.25, 0.3) is 11.3 Å². The van der Waals surface area contributed by atoms with Crippen LogP contribution in [0.2, 0.25) is 0 Å². The minimum absolute atomic E-state index is 0.0126. The summed E-state index contributed by atoms with van der Waals surface area (Å²) in [6.07, 6.45) is 0.0126. The first-order valence-electron chi connectivity index (χ1n) is 5.94. The molecule has 0 aliphatic rings. The van der Waals surface area contributed by atoms with E-state index in [1.807, 2.05) is 30.3 Å². The minimum atomic E-state index is -1.79. The Morgan fingerprint density at radius 1 is 1.37 bits per heavy atom.